The predicted molar refractivity (Wildman–Crippen MR) is 82.9 cm³/mol. The number of nitrogens with one attached hydrogen (secondary N) is 2. The van der Waals surface area contributed by atoms with Gasteiger partial charge < -0.3 is 10.6 Å². The quantitative estimate of drug-likeness (QED) is 0.881. The van der Waals surface area contributed by atoms with Crippen LogP contribution in [0.1, 0.15) is 25.3 Å². The molecule has 5 nitrogen and oxygen atoms in total. The minimum absolute atomic E-state index is 0.0295. The van der Waals surface area contributed by atoms with Gasteiger partial charge in [-0.3, -0.25) is 9.69 Å². The number of amides is 1. The molecule has 0 aliphatic carbocycles. The van der Waals surface area contributed by atoms with E-state index in [1.165, 1.54) is 0 Å². The Labute approximate surface area is 125 Å². The van der Waals surface area contributed by atoms with Crippen molar-refractivity contribution in [1.82, 2.24) is 10.2 Å². The fourth-order valence-electron chi connectivity index (χ4n) is 2.52. The largest absolute Gasteiger partial charge is 0.325 e. The minimum atomic E-state index is -0.0295. The zero-order valence-electron chi connectivity index (χ0n) is 12.6. The van der Waals surface area contributed by atoms with Gasteiger partial charge in [-0.2, -0.15) is 5.26 Å². The van der Waals surface area contributed by atoms with Gasteiger partial charge in [0.2, 0.25) is 5.91 Å². The lowest BCUT2D eigenvalue weighted by atomic mass is 9.90. The number of hydrogen-bond acceptors (Lipinski definition) is 4. The molecular weight excluding hydrogens is 264 g/mol. The molecule has 2 rings (SSSR count). The molecule has 2 N–H and O–H groups in total. The molecule has 1 aromatic rings. The fourth-order valence-corrected chi connectivity index (χ4v) is 2.52. The second-order valence-corrected chi connectivity index (χ2v) is 5.83. The lowest BCUT2D eigenvalue weighted by Crippen LogP contribution is -2.51. The molecule has 1 fully saturated rings. The van der Waals surface area contributed by atoms with E-state index >= 15 is 0 Å². The van der Waals surface area contributed by atoms with E-state index in [0.717, 1.165) is 25.9 Å². The summed E-state index contributed by atoms with van der Waals surface area (Å²) < 4.78 is 0. The second-order valence-electron chi connectivity index (χ2n) is 5.83. The van der Waals surface area contributed by atoms with E-state index in [9.17, 15) is 4.79 Å². The third-order valence-electron chi connectivity index (χ3n) is 4.21. The maximum Gasteiger partial charge on any atom is 0.238 e. The van der Waals surface area contributed by atoms with Crippen LogP contribution < -0.4 is 10.6 Å². The van der Waals surface area contributed by atoms with Gasteiger partial charge in [-0.05, 0) is 45.0 Å². The third-order valence-corrected chi connectivity index (χ3v) is 4.21. The monoisotopic (exact) mass is 286 g/mol. The Balaban J connectivity index is 1.84. The van der Waals surface area contributed by atoms with E-state index < -0.39 is 0 Å². The van der Waals surface area contributed by atoms with Crippen LogP contribution in [0.15, 0.2) is 24.3 Å². The second kappa shape index (κ2) is 6.70. The van der Waals surface area contributed by atoms with E-state index in [0.29, 0.717) is 17.8 Å². The number of benzene rings is 1. The maximum absolute atomic E-state index is 12.1. The number of carbonyl (C=O) groups is 1. The zero-order chi connectivity index (χ0) is 15.3. The van der Waals surface area contributed by atoms with Crippen molar-refractivity contribution in [3.63, 3.8) is 0 Å². The number of piperidine rings is 1. The number of rotatable bonds is 4. The van der Waals surface area contributed by atoms with Gasteiger partial charge >= 0.3 is 0 Å². The fraction of sp³-hybridized carbons (Fsp3) is 0.500. The molecule has 5 heteroatoms. The van der Waals surface area contributed by atoms with Crippen molar-refractivity contribution in [3.05, 3.63) is 29.8 Å². The van der Waals surface area contributed by atoms with Gasteiger partial charge in [0, 0.05) is 24.3 Å². The number of carbonyl (C=O) groups excluding carboxylic acids is 1. The highest BCUT2D eigenvalue weighted by molar-refractivity contribution is 5.92. The first-order valence-corrected chi connectivity index (χ1v) is 7.26. The Morgan fingerprint density at radius 1 is 1.43 bits per heavy atom. The zero-order valence-corrected chi connectivity index (χ0v) is 12.6. The van der Waals surface area contributed by atoms with Crippen LogP contribution in [0.25, 0.3) is 0 Å². The Bertz CT molecular complexity index is 541. The van der Waals surface area contributed by atoms with Crippen molar-refractivity contribution in [3.8, 4) is 6.07 Å². The van der Waals surface area contributed by atoms with E-state index in [4.69, 9.17) is 5.26 Å². The van der Waals surface area contributed by atoms with Crippen LogP contribution in [0.4, 0.5) is 5.69 Å². The third kappa shape index (κ3) is 4.28. The van der Waals surface area contributed by atoms with Gasteiger partial charge in [0.05, 0.1) is 18.2 Å². The standard InChI is InChI=1S/C16H22N4O/c1-16(18-2)6-8-20(9-7-16)12-15(21)19-14-5-3-4-13(10-14)11-17/h3-5,10,18H,6-9,12H2,1-2H3,(H,19,21). The van der Waals surface area contributed by atoms with Gasteiger partial charge in [-0.1, -0.05) is 6.07 Å². The van der Waals surface area contributed by atoms with Crippen molar-refractivity contribution < 1.29 is 4.79 Å². The lowest BCUT2D eigenvalue weighted by Gasteiger charge is -2.39. The van der Waals surface area contributed by atoms with Crippen LogP contribution in [0.3, 0.4) is 0 Å². The summed E-state index contributed by atoms with van der Waals surface area (Å²) in [5.74, 6) is -0.0295. The summed E-state index contributed by atoms with van der Waals surface area (Å²) in [6.45, 7) is 4.46. The molecule has 0 atom stereocenters. The first-order chi connectivity index (χ1) is 10.0. The van der Waals surface area contributed by atoms with E-state index in [1.54, 1.807) is 24.3 Å². The molecule has 1 saturated heterocycles. The molecular formula is C16H22N4O. The Morgan fingerprint density at radius 3 is 2.76 bits per heavy atom. The molecule has 1 aliphatic rings. The molecule has 1 amide bonds. The molecule has 112 valence electrons. The highest BCUT2D eigenvalue weighted by Crippen LogP contribution is 2.20. The molecule has 0 bridgehead atoms. The smallest absolute Gasteiger partial charge is 0.238 e. The van der Waals surface area contributed by atoms with E-state index in [2.05, 4.69) is 28.5 Å². The number of nitrogens with zero attached hydrogens (tertiary/aromatic N) is 2. The van der Waals surface area contributed by atoms with Crippen molar-refractivity contribution >= 4 is 11.6 Å². The van der Waals surface area contributed by atoms with Crippen LogP contribution in [0.2, 0.25) is 0 Å². The lowest BCUT2D eigenvalue weighted by molar-refractivity contribution is -0.117. The Kier molecular flexibility index (Phi) is 4.94. The molecule has 1 aliphatic heterocycles. The highest BCUT2D eigenvalue weighted by Gasteiger charge is 2.28. The summed E-state index contributed by atoms with van der Waals surface area (Å²) in [6, 6.07) is 9.05. The average Bonchev–Trinajstić information content (AvgIpc) is 2.50. The number of likely N-dealkylation sites (tertiary alicyclic amines) is 1. The van der Waals surface area contributed by atoms with Gasteiger partial charge in [0.15, 0.2) is 0 Å². The summed E-state index contributed by atoms with van der Waals surface area (Å²) in [5, 5.41) is 15.1. The molecule has 21 heavy (non-hydrogen) atoms. The van der Waals surface area contributed by atoms with Crippen LogP contribution >= 0.6 is 0 Å². The first-order valence-electron chi connectivity index (χ1n) is 7.26. The predicted octanol–water partition coefficient (Wildman–Crippen LogP) is 1.57. The van der Waals surface area contributed by atoms with Crippen LogP contribution in [-0.2, 0) is 4.79 Å². The van der Waals surface area contributed by atoms with Gasteiger partial charge in [-0.15, -0.1) is 0 Å². The highest BCUT2D eigenvalue weighted by atomic mass is 16.2. The first kappa shape index (κ1) is 15.5. The van der Waals surface area contributed by atoms with E-state index in [-0.39, 0.29) is 11.4 Å². The summed E-state index contributed by atoms with van der Waals surface area (Å²) in [4.78, 5) is 14.2. The van der Waals surface area contributed by atoms with Crippen LogP contribution in [0, 0.1) is 11.3 Å². The Hall–Kier alpha value is -1.90. The molecule has 0 aromatic heterocycles. The van der Waals surface area contributed by atoms with Crippen LogP contribution in [-0.4, -0.2) is 43.0 Å². The van der Waals surface area contributed by atoms with Gasteiger partial charge in [0.1, 0.15) is 0 Å². The molecule has 1 heterocycles. The molecule has 1 aromatic carbocycles. The molecule has 0 saturated carbocycles. The summed E-state index contributed by atoms with van der Waals surface area (Å²) in [5.41, 5.74) is 1.42. The van der Waals surface area contributed by atoms with Crippen molar-refractivity contribution in [2.24, 2.45) is 0 Å². The SMILES string of the molecule is CNC1(C)CCN(CC(=O)Nc2cccc(C#N)c2)CC1. The molecule has 0 unspecified atom stereocenters. The number of anilines is 1. The Morgan fingerprint density at radius 2 is 2.14 bits per heavy atom. The number of hydrogen-bond donors (Lipinski definition) is 2. The summed E-state index contributed by atoms with van der Waals surface area (Å²) in [6.07, 6.45) is 2.08. The van der Waals surface area contributed by atoms with Gasteiger partial charge in [-0.25, -0.2) is 0 Å². The molecule has 0 spiro atoms. The maximum atomic E-state index is 12.1. The summed E-state index contributed by atoms with van der Waals surface area (Å²) in [7, 11) is 1.99. The van der Waals surface area contributed by atoms with Crippen molar-refractivity contribution in [1.29, 1.82) is 5.26 Å². The number of nitriles is 1. The topological polar surface area (TPSA) is 68.2 Å². The minimum Gasteiger partial charge on any atom is -0.325 e. The summed E-state index contributed by atoms with van der Waals surface area (Å²) >= 11 is 0. The average molecular weight is 286 g/mol. The van der Waals surface area contributed by atoms with Gasteiger partial charge in [0.25, 0.3) is 0 Å². The van der Waals surface area contributed by atoms with Crippen molar-refractivity contribution in [2.75, 3.05) is 32.0 Å². The van der Waals surface area contributed by atoms with Crippen molar-refractivity contribution in [2.45, 2.75) is 25.3 Å². The normalized spacial score (nSPS) is 18.0. The molecule has 0 radical (unpaired) electrons. The van der Waals surface area contributed by atoms with E-state index in [1.807, 2.05) is 7.05 Å². The van der Waals surface area contributed by atoms with Crippen LogP contribution in [0.5, 0.6) is 0 Å².